The van der Waals surface area contributed by atoms with Crippen molar-refractivity contribution in [2.45, 2.75) is 10.8 Å². The van der Waals surface area contributed by atoms with E-state index in [1.165, 1.54) is 15.9 Å². The number of thioether (sulfide) groups is 1. The van der Waals surface area contributed by atoms with E-state index in [0.29, 0.717) is 0 Å². The first kappa shape index (κ1) is 10.5. The highest BCUT2D eigenvalue weighted by atomic mass is 32.2. The molecule has 0 saturated carbocycles. The lowest BCUT2D eigenvalue weighted by molar-refractivity contribution is 0.530. The van der Waals surface area contributed by atoms with Crippen molar-refractivity contribution in [3.8, 4) is 0 Å². The quantitative estimate of drug-likeness (QED) is 0.646. The van der Waals surface area contributed by atoms with Crippen molar-refractivity contribution in [3.05, 3.63) is 54.5 Å². The molecule has 3 aromatic rings. The Morgan fingerprint density at radius 2 is 2.06 bits per heavy atom. The predicted molar refractivity (Wildman–Crippen MR) is 71.2 cm³/mol. The summed E-state index contributed by atoms with van der Waals surface area (Å²) in [7, 11) is 2.10. The highest BCUT2D eigenvalue weighted by Crippen LogP contribution is 2.28. The first-order chi connectivity index (χ1) is 8.34. The minimum Gasteiger partial charge on any atom is -0.468 e. The van der Waals surface area contributed by atoms with E-state index in [0.717, 1.165) is 11.5 Å². The van der Waals surface area contributed by atoms with Crippen LogP contribution in [-0.2, 0) is 12.8 Å². The van der Waals surface area contributed by atoms with Crippen LogP contribution in [0.25, 0.3) is 10.9 Å². The highest BCUT2D eigenvalue weighted by Gasteiger charge is 2.06. The molecule has 0 amide bonds. The average molecular weight is 243 g/mol. The molecule has 0 atom stereocenters. The molecule has 2 nitrogen and oxygen atoms in total. The fraction of sp³-hybridized carbons (Fsp3) is 0.143. The Labute approximate surface area is 104 Å². The zero-order chi connectivity index (χ0) is 11.7. The Balaban J connectivity index is 1.88. The van der Waals surface area contributed by atoms with E-state index in [2.05, 4.69) is 41.9 Å². The summed E-state index contributed by atoms with van der Waals surface area (Å²) in [5.74, 6) is 1.89. The first-order valence-electron chi connectivity index (χ1n) is 5.54. The molecule has 0 saturated heterocycles. The summed E-state index contributed by atoms with van der Waals surface area (Å²) in [5.41, 5.74) is 1.27. The number of hydrogen-bond donors (Lipinski definition) is 0. The van der Waals surface area contributed by atoms with Crippen molar-refractivity contribution in [3.63, 3.8) is 0 Å². The summed E-state index contributed by atoms with van der Waals surface area (Å²) in [4.78, 5) is 0. The van der Waals surface area contributed by atoms with Gasteiger partial charge in [-0.25, -0.2) is 0 Å². The highest BCUT2D eigenvalue weighted by molar-refractivity contribution is 7.98. The van der Waals surface area contributed by atoms with E-state index >= 15 is 0 Å². The lowest BCUT2D eigenvalue weighted by atomic mass is 10.2. The number of aromatic nitrogens is 1. The van der Waals surface area contributed by atoms with Crippen molar-refractivity contribution in [1.29, 1.82) is 0 Å². The summed E-state index contributed by atoms with van der Waals surface area (Å²) < 4.78 is 7.56. The topological polar surface area (TPSA) is 18.1 Å². The number of rotatable bonds is 3. The van der Waals surface area contributed by atoms with Crippen LogP contribution in [-0.4, -0.2) is 4.57 Å². The van der Waals surface area contributed by atoms with E-state index < -0.39 is 0 Å². The van der Waals surface area contributed by atoms with Crippen molar-refractivity contribution < 1.29 is 4.42 Å². The Kier molecular flexibility index (Phi) is 2.69. The van der Waals surface area contributed by atoms with Crippen LogP contribution in [0.15, 0.2) is 58.2 Å². The van der Waals surface area contributed by atoms with Gasteiger partial charge in [-0.3, -0.25) is 0 Å². The molecule has 0 aliphatic heterocycles. The number of para-hydroxylation sites is 1. The second kappa shape index (κ2) is 4.34. The number of furan rings is 1. The molecule has 3 rings (SSSR count). The fourth-order valence-electron chi connectivity index (χ4n) is 1.94. The molecular formula is C14H13NOS. The first-order valence-corrected chi connectivity index (χ1v) is 6.53. The summed E-state index contributed by atoms with van der Waals surface area (Å²) in [6.07, 6.45) is 1.72. The lowest BCUT2D eigenvalue weighted by Crippen LogP contribution is -1.89. The second-order valence-electron chi connectivity index (χ2n) is 3.97. The number of nitrogens with zero attached hydrogens (tertiary/aromatic N) is 1. The van der Waals surface area contributed by atoms with Crippen LogP contribution < -0.4 is 0 Å². The summed E-state index contributed by atoms with van der Waals surface area (Å²) in [6, 6.07) is 14.6. The van der Waals surface area contributed by atoms with Crippen LogP contribution >= 0.6 is 11.8 Å². The van der Waals surface area contributed by atoms with Crippen molar-refractivity contribution in [2.24, 2.45) is 7.05 Å². The van der Waals surface area contributed by atoms with Crippen LogP contribution in [0.5, 0.6) is 0 Å². The molecule has 0 spiro atoms. The molecule has 0 fully saturated rings. The molecule has 0 unspecified atom stereocenters. The molecule has 17 heavy (non-hydrogen) atoms. The van der Waals surface area contributed by atoms with Gasteiger partial charge in [-0.15, -0.1) is 11.8 Å². The molecule has 86 valence electrons. The molecule has 2 aromatic heterocycles. The second-order valence-corrected chi connectivity index (χ2v) is 4.96. The lowest BCUT2D eigenvalue weighted by Gasteiger charge is -2.02. The van der Waals surface area contributed by atoms with Gasteiger partial charge in [-0.2, -0.15) is 0 Å². The molecule has 0 bridgehead atoms. The Morgan fingerprint density at radius 3 is 2.82 bits per heavy atom. The number of fused-ring (bicyclic) bond motifs is 1. The third kappa shape index (κ3) is 1.98. The van der Waals surface area contributed by atoms with Gasteiger partial charge in [-0.05, 0) is 24.3 Å². The maximum Gasteiger partial charge on any atom is 0.114 e. The smallest absolute Gasteiger partial charge is 0.114 e. The van der Waals surface area contributed by atoms with E-state index in [1.54, 1.807) is 18.0 Å². The number of hydrogen-bond acceptors (Lipinski definition) is 2. The van der Waals surface area contributed by atoms with Crippen LogP contribution in [0.4, 0.5) is 0 Å². The molecular weight excluding hydrogens is 230 g/mol. The monoisotopic (exact) mass is 243 g/mol. The van der Waals surface area contributed by atoms with Crippen LogP contribution in [0.1, 0.15) is 5.76 Å². The van der Waals surface area contributed by atoms with E-state index in [9.17, 15) is 0 Å². The molecule has 0 N–H and O–H groups in total. The summed E-state index contributed by atoms with van der Waals surface area (Å²) >= 11 is 1.80. The third-order valence-corrected chi connectivity index (χ3v) is 3.97. The minimum absolute atomic E-state index is 0.872. The van der Waals surface area contributed by atoms with Gasteiger partial charge < -0.3 is 8.98 Å². The van der Waals surface area contributed by atoms with Gasteiger partial charge in [0.2, 0.25) is 0 Å². The number of aryl methyl sites for hydroxylation is 1. The zero-order valence-corrected chi connectivity index (χ0v) is 10.4. The van der Waals surface area contributed by atoms with Gasteiger partial charge in [0.1, 0.15) is 5.76 Å². The molecule has 2 heterocycles. The Bertz CT molecular complexity index is 625. The van der Waals surface area contributed by atoms with E-state index in [1.807, 2.05) is 12.1 Å². The van der Waals surface area contributed by atoms with Crippen LogP contribution in [0.2, 0.25) is 0 Å². The Morgan fingerprint density at radius 1 is 1.18 bits per heavy atom. The van der Waals surface area contributed by atoms with E-state index in [4.69, 9.17) is 4.42 Å². The fourth-order valence-corrected chi connectivity index (χ4v) is 2.90. The Hall–Kier alpha value is -1.61. The van der Waals surface area contributed by atoms with E-state index in [-0.39, 0.29) is 0 Å². The molecule has 0 radical (unpaired) electrons. The maximum absolute atomic E-state index is 5.34. The third-order valence-electron chi connectivity index (χ3n) is 2.85. The van der Waals surface area contributed by atoms with Crippen molar-refractivity contribution in [2.75, 3.05) is 0 Å². The largest absolute Gasteiger partial charge is 0.468 e. The van der Waals surface area contributed by atoms with Gasteiger partial charge in [0.05, 0.1) is 17.0 Å². The predicted octanol–water partition coefficient (Wildman–Crippen LogP) is 4.06. The van der Waals surface area contributed by atoms with Crippen LogP contribution in [0, 0.1) is 0 Å². The standard InChI is InChI=1S/C14H13NOS/c1-15-13-7-3-2-5-11(13)9-14(15)17-10-12-6-4-8-16-12/h2-9H,10H2,1H3. The van der Waals surface area contributed by atoms with Gasteiger partial charge in [0.15, 0.2) is 0 Å². The maximum atomic E-state index is 5.34. The van der Waals surface area contributed by atoms with Crippen molar-refractivity contribution >= 4 is 22.7 Å². The normalized spacial score (nSPS) is 11.1. The molecule has 3 heteroatoms. The average Bonchev–Trinajstić information content (AvgIpc) is 2.96. The van der Waals surface area contributed by atoms with Gasteiger partial charge in [0, 0.05) is 18.0 Å². The van der Waals surface area contributed by atoms with Gasteiger partial charge in [0.25, 0.3) is 0 Å². The summed E-state index contributed by atoms with van der Waals surface area (Å²) in [5, 5.41) is 2.56. The number of benzene rings is 1. The molecule has 1 aromatic carbocycles. The summed E-state index contributed by atoms with van der Waals surface area (Å²) in [6.45, 7) is 0. The minimum atomic E-state index is 0.872. The SMILES string of the molecule is Cn1c(SCc2ccco2)cc2ccccc21. The molecule has 0 aliphatic carbocycles. The zero-order valence-electron chi connectivity index (χ0n) is 9.59. The van der Waals surface area contributed by atoms with Gasteiger partial charge >= 0.3 is 0 Å². The molecule has 0 aliphatic rings. The van der Waals surface area contributed by atoms with Crippen LogP contribution in [0.3, 0.4) is 0 Å². The van der Waals surface area contributed by atoms with Crippen molar-refractivity contribution in [1.82, 2.24) is 4.57 Å². The van der Waals surface area contributed by atoms with Gasteiger partial charge in [-0.1, -0.05) is 18.2 Å².